The van der Waals surface area contributed by atoms with Gasteiger partial charge < -0.3 is 25.0 Å². The summed E-state index contributed by atoms with van der Waals surface area (Å²) in [5.41, 5.74) is -0.316. The van der Waals surface area contributed by atoms with Gasteiger partial charge in [-0.3, -0.25) is 14.0 Å². The number of amides is 1. The highest BCUT2D eigenvalue weighted by molar-refractivity contribution is 7.47. The van der Waals surface area contributed by atoms with Crippen molar-refractivity contribution in [2.75, 3.05) is 32.0 Å². The summed E-state index contributed by atoms with van der Waals surface area (Å²) in [5, 5.41) is 9.89. The van der Waals surface area contributed by atoms with Crippen LogP contribution in [0.1, 0.15) is 34.9 Å². The Balaban J connectivity index is 1.81. The number of aryl methyl sites for hydroxylation is 1. The zero-order chi connectivity index (χ0) is 30.1. The minimum Gasteiger partial charge on any atom is -0.496 e. The summed E-state index contributed by atoms with van der Waals surface area (Å²) in [5.74, 6) is -1.48. The lowest BCUT2D eigenvalue weighted by Crippen LogP contribution is -2.24. The van der Waals surface area contributed by atoms with Crippen LogP contribution in [0.25, 0.3) is 10.9 Å². The van der Waals surface area contributed by atoms with E-state index in [9.17, 15) is 32.2 Å². The number of carbonyl (C=O) groups excluding carboxylic acids is 2. The topological polar surface area (TPSA) is 172 Å². The highest BCUT2D eigenvalue weighted by Crippen LogP contribution is 2.49. The van der Waals surface area contributed by atoms with Crippen LogP contribution in [0.3, 0.4) is 0 Å². The number of halogens is 3. The maximum atomic E-state index is 14.0. The molecule has 0 aliphatic heterocycles. The molecule has 222 valence electrons. The fraction of sp³-hybridized carbons (Fsp3) is 0.391. The van der Waals surface area contributed by atoms with E-state index in [-0.39, 0.29) is 45.8 Å². The number of carbonyl (C=O) groups is 2. The van der Waals surface area contributed by atoms with Crippen molar-refractivity contribution in [2.45, 2.75) is 25.1 Å². The highest BCUT2D eigenvalue weighted by Gasteiger charge is 2.46. The minimum atomic E-state index is -5.14. The van der Waals surface area contributed by atoms with E-state index in [0.717, 1.165) is 46.4 Å². The Bertz CT molecular complexity index is 1530. The molecule has 41 heavy (non-hydrogen) atoms. The normalized spacial score (nSPS) is 15.7. The number of methoxy groups -OCH3 is 2. The molecule has 14 nitrogen and oxygen atoms in total. The van der Waals surface area contributed by atoms with Crippen LogP contribution in [-0.4, -0.2) is 59.0 Å². The van der Waals surface area contributed by atoms with Crippen LogP contribution in [0.5, 0.6) is 5.75 Å². The summed E-state index contributed by atoms with van der Waals surface area (Å²) in [6, 6.07) is 3.67. The monoisotopic (exact) mass is 603 g/mol. The van der Waals surface area contributed by atoms with Crippen molar-refractivity contribution >= 4 is 47.9 Å². The van der Waals surface area contributed by atoms with Gasteiger partial charge in [0.2, 0.25) is 12.0 Å². The SMILES string of the molecule is COC(=O)c1cnc(NC(=O)C2CC2)cc1Nc1nn(C)c2ccc([C@H](OOP(=O)(O)OC)C(F)(F)F)c(OC)c12. The molecule has 2 heterocycles. The average molecular weight is 603 g/mol. The number of hydrogen-bond donors (Lipinski definition) is 3. The van der Waals surface area contributed by atoms with Crippen LogP contribution in [0, 0.1) is 5.92 Å². The summed E-state index contributed by atoms with van der Waals surface area (Å²) in [6.45, 7) is 0. The molecule has 1 aliphatic rings. The van der Waals surface area contributed by atoms with Crippen molar-refractivity contribution in [3.8, 4) is 5.75 Å². The van der Waals surface area contributed by atoms with Gasteiger partial charge in [-0.25, -0.2) is 19.2 Å². The first-order valence-corrected chi connectivity index (χ1v) is 13.3. The van der Waals surface area contributed by atoms with E-state index in [2.05, 4.69) is 34.8 Å². The van der Waals surface area contributed by atoms with Crippen molar-refractivity contribution in [3.63, 3.8) is 0 Å². The maximum Gasteiger partial charge on any atom is 0.499 e. The molecule has 4 rings (SSSR count). The first kappa shape index (κ1) is 30.2. The van der Waals surface area contributed by atoms with Crippen molar-refractivity contribution < 1.29 is 55.8 Å². The molecule has 2 aromatic heterocycles. The van der Waals surface area contributed by atoms with E-state index < -0.39 is 31.6 Å². The lowest BCUT2D eigenvalue weighted by molar-refractivity contribution is -0.340. The molecule has 1 unspecified atom stereocenters. The summed E-state index contributed by atoms with van der Waals surface area (Å²) >= 11 is 0. The fourth-order valence-electron chi connectivity index (χ4n) is 3.87. The maximum absolute atomic E-state index is 14.0. The number of benzene rings is 1. The second kappa shape index (κ2) is 11.6. The number of phosphoric acid groups is 1. The molecule has 0 radical (unpaired) electrons. The molecule has 3 aromatic rings. The first-order valence-electron chi connectivity index (χ1n) is 11.8. The number of fused-ring (bicyclic) bond motifs is 1. The quantitative estimate of drug-likeness (QED) is 0.124. The number of nitrogens with zero attached hydrogens (tertiary/aromatic N) is 3. The number of hydrogen-bond acceptors (Lipinski definition) is 11. The van der Waals surface area contributed by atoms with Crippen molar-refractivity contribution in [3.05, 3.63) is 35.5 Å². The van der Waals surface area contributed by atoms with Gasteiger partial charge in [-0.2, -0.15) is 18.3 Å². The second-order valence-electron chi connectivity index (χ2n) is 8.79. The number of rotatable bonds is 11. The molecule has 1 aliphatic carbocycles. The van der Waals surface area contributed by atoms with Crippen molar-refractivity contribution in [1.29, 1.82) is 0 Å². The van der Waals surface area contributed by atoms with Gasteiger partial charge in [0.1, 0.15) is 17.1 Å². The number of alkyl halides is 3. The standard InChI is InChI=1S/C23H25F3N5O9P/c1-31-15-8-7-12(19(23(24,25)26)39-40-41(34,35)38-4)18(36-2)17(15)20(30-31)28-14-9-16(29-21(32)11-5-6-11)27-10-13(14)22(33)37-3/h7-11,19H,5-6H2,1-4H3,(H,34,35)(H2,27,28,29,30,32)/t19-/m0/s1. The number of phosphoric ester groups is 1. The third-order valence-corrected chi connectivity index (χ3v) is 6.75. The third kappa shape index (κ3) is 6.60. The zero-order valence-electron chi connectivity index (χ0n) is 22.0. The Labute approximate surface area is 230 Å². The molecular formula is C23H25F3N5O9P. The van der Waals surface area contributed by atoms with Crippen molar-refractivity contribution in [2.24, 2.45) is 13.0 Å². The predicted octanol–water partition coefficient (Wildman–Crippen LogP) is 4.15. The Morgan fingerprint density at radius 3 is 2.51 bits per heavy atom. The summed E-state index contributed by atoms with van der Waals surface area (Å²) in [7, 11) is -0.431. The molecule has 0 saturated heterocycles. The van der Waals surface area contributed by atoms with E-state index in [1.165, 1.54) is 23.9 Å². The molecular weight excluding hydrogens is 578 g/mol. The highest BCUT2D eigenvalue weighted by atomic mass is 31.2. The van der Waals surface area contributed by atoms with Gasteiger partial charge in [0.05, 0.1) is 30.8 Å². The number of anilines is 3. The molecule has 18 heteroatoms. The third-order valence-electron chi connectivity index (χ3n) is 6.01. The Morgan fingerprint density at radius 2 is 1.93 bits per heavy atom. The molecule has 3 N–H and O–H groups in total. The summed E-state index contributed by atoms with van der Waals surface area (Å²) in [6.07, 6.45) is -5.37. The van der Waals surface area contributed by atoms with E-state index >= 15 is 0 Å². The Kier molecular flexibility index (Phi) is 8.56. The minimum absolute atomic E-state index is 0.0282. The molecule has 0 bridgehead atoms. The number of ether oxygens (including phenoxy) is 2. The first-order chi connectivity index (χ1) is 19.3. The van der Waals surface area contributed by atoms with Crippen molar-refractivity contribution in [1.82, 2.24) is 14.8 Å². The van der Waals surface area contributed by atoms with E-state index in [1.807, 2.05) is 0 Å². The Hall–Kier alpha value is -3.76. The number of pyridine rings is 1. The van der Waals surface area contributed by atoms with Crippen LogP contribution in [0.4, 0.5) is 30.5 Å². The van der Waals surface area contributed by atoms with Gasteiger partial charge in [0, 0.05) is 37.9 Å². The lowest BCUT2D eigenvalue weighted by Gasteiger charge is -2.22. The van der Waals surface area contributed by atoms with Gasteiger partial charge in [-0.1, -0.05) is 6.07 Å². The molecule has 0 spiro atoms. The largest absolute Gasteiger partial charge is 0.499 e. The fourth-order valence-corrected chi connectivity index (χ4v) is 4.12. The van der Waals surface area contributed by atoms with Crippen LogP contribution in [-0.2, 0) is 35.2 Å². The van der Waals surface area contributed by atoms with E-state index in [0.29, 0.717) is 5.52 Å². The van der Waals surface area contributed by atoms with Gasteiger partial charge >= 0.3 is 20.0 Å². The van der Waals surface area contributed by atoms with Crippen LogP contribution in [0.15, 0.2) is 24.4 Å². The summed E-state index contributed by atoms with van der Waals surface area (Å²) < 4.78 is 73.4. The number of aromatic nitrogens is 3. The number of esters is 1. The smallest absolute Gasteiger partial charge is 0.496 e. The summed E-state index contributed by atoms with van der Waals surface area (Å²) in [4.78, 5) is 42.5. The molecule has 1 aromatic carbocycles. The molecule has 1 fully saturated rings. The van der Waals surface area contributed by atoms with E-state index in [4.69, 9.17) is 9.47 Å². The van der Waals surface area contributed by atoms with Gasteiger partial charge in [-0.05, 0) is 18.9 Å². The van der Waals surface area contributed by atoms with Crippen LogP contribution < -0.4 is 15.4 Å². The zero-order valence-corrected chi connectivity index (χ0v) is 22.9. The van der Waals surface area contributed by atoms with E-state index in [1.54, 1.807) is 0 Å². The van der Waals surface area contributed by atoms with Crippen LogP contribution in [0.2, 0.25) is 0 Å². The lowest BCUT2D eigenvalue weighted by atomic mass is 10.0. The molecule has 1 saturated carbocycles. The molecule has 1 amide bonds. The second-order valence-corrected chi connectivity index (χ2v) is 10.2. The Morgan fingerprint density at radius 1 is 1.22 bits per heavy atom. The van der Waals surface area contributed by atoms with Gasteiger partial charge in [0.25, 0.3) is 0 Å². The average Bonchev–Trinajstić information content (AvgIpc) is 3.72. The predicted molar refractivity (Wildman–Crippen MR) is 135 cm³/mol. The van der Waals surface area contributed by atoms with Gasteiger partial charge in [0.15, 0.2) is 5.82 Å². The number of nitrogens with one attached hydrogen (secondary N) is 2. The molecule has 2 atom stereocenters. The van der Waals surface area contributed by atoms with Gasteiger partial charge in [-0.15, -0.1) is 4.67 Å². The van der Waals surface area contributed by atoms with Crippen LogP contribution >= 0.6 is 7.82 Å².